The van der Waals surface area contributed by atoms with Crippen LogP contribution in [0.25, 0.3) is 0 Å². The molecule has 0 radical (unpaired) electrons. The molecule has 1 aromatic rings. The number of nitrogens with two attached hydrogens (primary N) is 1. The van der Waals surface area contributed by atoms with E-state index in [0.29, 0.717) is 6.54 Å². The van der Waals surface area contributed by atoms with Crippen LogP contribution in [0.15, 0.2) is 30.3 Å². The van der Waals surface area contributed by atoms with Crippen molar-refractivity contribution < 1.29 is 5.11 Å². The van der Waals surface area contributed by atoms with E-state index in [1.54, 1.807) is 0 Å². The van der Waals surface area contributed by atoms with Crippen LogP contribution in [0.4, 0.5) is 0 Å². The fourth-order valence-corrected chi connectivity index (χ4v) is 2.67. The van der Waals surface area contributed by atoms with Gasteiger partial charge in [-0.3, -0.25) is 0 Å². The van der Waals surface area contributed by atoms with Crippen LogP contribution in [-0.4, -0.2) is 42.3 Å². The van der Waals surface area contributed by atoms with E-state index in [9.17, 15) is 5.11 Å². The Morgan fingerprint density at radius 2 is 2.00 bits per heavy atom. The fourth-order valence-electron chi connectivity index (χ4n) is 2.67. The van der Waals surface area contributed by atoms with Crippen molar-refractivity contribution in [1.29, 1.82) is 0 Å². The van der Waals surface area contributed by atoms with Gasteiger partial charge in [0.25, 0.3) is 0 Å². The maximum Gasteiger partial charge on any atom is 0.0820 e. The molecule has 106 valence electrons. The number of aliphatic hydroxyl groups excluding tert-OH is 1. The van der Waals surface area contributed by atoms with Crippen LogP contribution in [0, 0.1) is 5.92 Å². The van der Waals surface area contributed by atoms with Crippen molar-refractivity contribution in [3.8, 4) is 0 Å². The van der Waals surface area contributed by atoms with Gasteiger partial charge in [0, 0.05) is 19.1 Å². The molecular formula is C16H26N2O. The summed E-state index contributed by atoms with van der Waals surface area (Å²) in [5.74, 6) is 0.836. The molecule has 1 saturated carbocycles. The highest BCUT2D eigenvalue weighted by Crippen LogP contribution is 2.26. The van der Waals surface area contributed by atoms with Crippen molar-refractivity contribution >= 4 is 0 Å². The first-order valence-corrected chi connectivity index (χ1v) is 7.31. The average Bonchev–Trinajstić information content (AvgIpc) is 2.35. The molecule has 3 heteroatoms. The van der Waals surface area contributed by atoms with Crippen molar-refractivity contribution in [3.63, 3.8) is 0 Å². The summed E-state index contributed by atoms with van der Waals surface area (Å²) < 4.78 is 0. The zero-order valence-corrected chi connectivity index (χ0v) is 11.8. The van der Waals surface area contributed by atoms with E-state index in [2.05, 4.69) is 24.1 Å². The minimum Gasteiger partial charge on any atom is -0.390 e. The first-order valence-electron chi connectivity index (χ1n) is 7.31. The van der Waals surface area contributed by atoms with Crippen molar-refractivity contribution in [1.82, 2.24) is 4.90 Å². The van der Waals surface area contributed by atoms with E-state index in [1.165, 1.54) is 24.8 Å². The van der Waals surface area contributed by atoms with Crippen LogP contribution < -0.4 is 5.73 Å². The van der Waals surface area contributed by atoms with Gasteiger partial charge in [-0.25, -0.2) is 0 Å². The molecule has 0 heterocycles. The molecule has 0 bridgehead atoms. The van der Waals surface area contributed by atoms with E-state index < -0.39 is 6.10 Å². The van der Waals surface area contributed by atoms with Gasteiger partial charge in [0.15, 0.2) is 0 Å². The Labute approximate surface area is 116 Å². The Hall–Kier alpha value is -0.900. The summed E-state index contributed by atoms with van der Waals surface area (Å²) in [6.45, 7) is 1.76. The molecule has 1 aromatic carbocycles. The van der Waals surface area contributed by atoms with Gasteiger partial charge in [-0.15, -0.1) is 0 Å². The van der Waals surface area contributed by atoms with Gasteiger partial charge < -0.3 is 15.7 Å². The standard InChI is InChI=1S/C16H26N2O/c1-18(11-14-8-5-9-14)12-16(19)15(17)10-13-6-3-2-4-7-13/h2-4,6-7,14-16,19H,5,8-12,17H2,1H3. The molecule has 0 saturated heterocycles. The molecule has 0 spiro atoms. The lowest BCUT2D eigenvalue weighted by Crippen LogP contribution is -2.45. The number of hydrogen-bond acceptors (Lipinski definition) is 3. The highest BCUT2D eigenvalue weighted by atomic mass is 16.3. The zero-order valence-electron chi connectivity index (χ0n) is 11.8. The van der Waals surface area contributed by atoms with E-state index in [-0.39, 0.29) is 6.04 Å². The Kier molecular flexibility index (Phi) is 5.37. The lowest BCUT2D eigenvalue weighted by Gasteiger charge is -2.32. The molecular weight excluding hydrogens is 236 g/mol. The molecule has 0 amide bonds. The molecule has 2 rings (SSSR count). The van der Waals surface area contributed by atoms with Crippen LogP contribution in [-0.2, 0) is 6.42 Å². The van der Waals surface area contributed by atoms with Crippen molar-refractivity contribution in [3.05, 3.63) is 35.9 Å². The Morgan fingerprint density at radius 1 is 1.32 bits per heavy atom. The summed E-state index contributed by atoms with van der Waals surface area (Å²) in [5, 5.41) is 10.2. The Balaban J connectivity index is 1.73. The largest absolute Gasteiger partial charge is 0.390 e. The van der Waals surface area contributed by atoms with Gasteiger partial charge in [0.2, 0.25) is 0 Å². The number of hydrogen-bond donors (Lipinski definition) is 2. The smallest absolute Gasteiger partial charge is 0.0820 e. The Morgan fingerprint density at radius 3 is 2.58 bits per heavy atom. The average molecular weight is 262 g/mol. The Bertz CT molecular complexity index is 364. The zero-order chi connectivity index (χ0) is 13.7. The maximum atomic E-state index is 10.2. The maximum absolute atomic E-state index is 10.2. The number of likely N-dealkylation sites (N-methyl/N-ethyl adjacent to an activating group) is 1. The summed E-state index contributed by atoms with van der Waals surface area (Å²) >= 11 is 0. The molecule has 3 N–H and O–H groups in total. The van der Waals surface area contributed by atoms with E-state index in [4.69, 9.17) is 5.73 Å². The van der Waals surface area contributed by atoms with Gasteiger partial charge in [-0.2, -0.15) is 0 Å². The van der Waals surface area contributed by atoms with Crippen molar-refractivity contribution in [2.75, 3.05) is 20.1 Å². The first-order chi connectivity index (χ1) is 9.15. The number of aliphatic hydroxyl groups is 1. The molecule has 3 nitrogen and oxygen atoms in total. The lowest BCUT2D eigenvalue weighted by molar-refractivity contribution is 0.0872. The topological polar surface area (TPSA) is 49.5 Å². The summed E-state index contributed by atoms with van der Waals surface area (Å²) in [4.78, 5) is 2.22. The highest BCUT2D eigenvalue weighted by molar-refractivity contribution is 5.16. The molecule has 0 aliphatic heterocycles. The van der Waals surface area contributed by atoms with Crippen LogP contribution in [0.2, 0.25) is 0 Å². The monoisotopic (exact) mass is 262 g/mol. The first kappa shape index (κ1) is 14.5. The number of benzene rings is 1. The predicted molar refractivity (Wildman–Crippen MR) is 79.0 cm³/mol. The fraction of sp³-hybridized carbons (Fsp3) is 0.625. The molecule has 1 aliphatic rings. The molecule has 1 fully saturated rings. The van der Waals surface area contributed by atoms with Gasteiger partial charge in [0.1, 0.15) is 0 Å². The number of rotatable bonds is 7. The third-order valence-electron chi connectivity index (χ3n) is 4.10. The SMILES string of the molecule is CN(CC1CCC1)CC(O)C(N)Cc1ccccc1. The van der Waals surface area contributed by atoms with E-state index in [1.807, 2.05) is 18.2 Å². The van der Waals surface area contributed by atoms with Crippen molar-refractivity contribution in [2.24, 2.45) is 11.7 Å². The van der Waals surface area contributed by atoms with Gasteiger partial charge in [-0.05, 0) is 37.8 Å². The summed E-state index contributed by atoms with van der Waals surface area (Å²) in [5.41, 5.74) is 7.29. The normalized spacial score (nSPS) is 19.2. The van der Waals surface area contributed by atoms with Crippen LogP contribution in [0.3, 0.4) is 0 Å². The summed E-state index contributed by atoms with van der Waals surface area (Å²) in [7, 11) is 2.08. The lowest BCUT2D eigenvalue weighted by atomic mass is 9.85. The third kappa shape index (κ3) is 4.60. The second-order valence-electron chi connectivity index (χ2n) is 5.94. The van der Waals surface area contributed by atoms with E-state index >= 15 is 0 Å². The third-order valence-corrected chi connectivity index (χ3v) is 4.10. The predicted octanol–water partition coefficient (Wildman–Crippen LogP) is 1.65. The quantitative estimate of drug-likeness (QED) is 0.785. The van der Waals surface area contributed by atoms with Crippen LogP contribution in [0.1, 0.15) is 24.8 Å². The second-order valence-corrected chi connectivity index (χ2v) is 5.94. The van der Waals surface area contributed by atoms with Gasteiger partial charge in [0.05, 0.1) is 6.10 Å². The number of nitrogens with zero attached hydrogens (tertiary/aromatic N) is 1. The van der Waals surface area contributed by atoms with Crippen LogP contribution in [0.5, 0.6) is 0 Å². The molecule has 1 aliphatic carbocycles. The summed E-state index contributed by atoms with van der Waals surface area (Å²) in [6, 6.07) is 9.95. The molecule has 19 heavy (non-hydrogen) atoms. The minimum atomic E-state index is -0.453. The molecule has 2 atom stereocenters. The van der Waals surface area contributed by atoms with Crippen LogP contribution >= 0.6 is 0 Å². The highest BCUT2D eigenvalue weighted by Gasteiger charge is 2.22. The summed E-state index contributed by atoms with van der Waals surface area (Å²) in [6.07, 6.45) is 4.34. The molecule has 2 unspecified atom stereocenters. The van der Waals surface area contributed by atoms with Gasteiger partial charge >= 0.3 is 0 Å². The molecule has 0 aromatic heterocycles. The van der Waals surface area contributed by atoms with Crippen molar-refractivity contribution in [2.45, 2.75) is 37.8 Å². The van der Waals surface area contributed by atoms with Gasteiger partial charge in [-0.1, -0.05) is 36.8 Å². The second kappa shape index (κ2) is 7.04. The minimum absolute atomic E-state index is 0.189. The van der Waals surface area contributed by atoms with E-state index in [0.717, 1.165) is 18.9 Å².